The highest BCUT2D eigenvalue weighted by atomic mass is 16.6. The second-order valence-electron chi connectivity index (χ2n) is 14.9. The van der Waals surface area contributed by atoms with Gasteiger partial charge >= 0.3 is 5.97 Å². The maximum Gasteiger partial charge on any atom is 0.323 e. The summed E-state index contributed by atoms with van der Waals surface area (Å²) in [6.45, 7) is 8.79. The van der Waals surface area contributed by atoms with Crippen LogP contribution in [0.4, 0.5) is 0 Å². The fourth-order valence-electron chi connectivity index (χ4n) is 8.95. The van der Waals surface area contributed by atoms with E-state index in [4.69, 9.17) is 18.9 Å². The molecule has 7 aliphatic rings. The lowest BCUT2D eigenvalue weighted by Gasteiger charge is -2.52. The van der Waals surface area contributed by atoms with Gasteiger partial charge in [-0.1, -0.05) is 11.6 Å². The number of allylic oxidation sites excluding steroid dienone is 1. The Labute approximate surface area is 262 Å². The molecule has 2 unspecified atom stereocenters. The van der Waals surface area contributed by atoms with Crippen molar-refractivity contribution in [3.8, 4) is 0 Å². The van der Waals surface area contributed by atoms with Gasteiger partial charge in [0.25, 0.3) is 0 Å². The summed E-state index contributed by atoms with van der Waals surface area (Å²) in [6, 6.07) is -0.281. The number of carbonyl (C=O) groups is 3. The Morgan fingerprint density at radius 2 is 1.68 bits per heavy atom. The minimum absolute atomic E-state index is 0.0593. The van der Waals surface area contributed by atoms with E-state index >= 15 is 0 Å². The zero-order valence-corrected chi connectivity index (χ0v) is 27.1. The van der Waals surface area contributed by atoms with Gasteiger partial charge in [-0.25, -0.2) is 0 Å². The van der Waals surface area contributed by atoms with E-state index in [0.717, 1.165) is 83.8 Å². The number of epoxide rings is 2. The summed E-state index contributed by atoms with van der Waals surface area (Å²) in [4.78, 5) is 39.3. The zero-order chi connectivity index (χ0) is 31.2. The molecule has 2 bridgehead atoms. The minimum atomic E-state index is -0.421. The summed E-state index contributed by atoms with van der Waals surface area (Å²) >= 11 is 0. The molecular formula is C34H53N3O7. The lowest BCUT2D eigenvalue weighted by atomic mass is 9.53. The molecule has 10 heteroatoms. The molecule has 1 spiro atoms. The van der Waals surface area contributed by atoms with Crippen molar-refractivity contribution in [2.24, 2.45) is 16.7 Å². The van der Waals surface area contributed by atoms with Crippen LogP contribution < -0.4 is 16.0 Å². The third-order valence-corrected chi connectivity index (χ3v) is 12.0. The summed E-state index contributed by atoms with van der Waals surface area (Å²) in [5.41, 5.74) is -0.0806. The smallest absolute Gasteiger partial charge is 0.323 e. The van der Waals surface area contributed by atoms with E-state index in [2.05, 4.69) is 42.8 Å². The van der Waals surface area contributed by atoms with Crippen LogP contribution in [0.15, 0.2) is 11.6 Å². The van der Waals surface area contributed by atoms with Gasteiger partial charge in [0.2, 0.25) is 11.8 Å². The van der Waals surface area contributed by atoms with Crippen molar-refractivity contribution in [2.45, 2.75) is 133 Å². The van der Waals surface area contributed by atoms with Crippen LogP contribution in [0.25, 0.3) is 0 Å². The predicted octanol–water partition coefficient (Wildman–Crippen LogP) is 3.32. The molecule has 3 heterocycles. The maximum atomic E-state index is 14.0. The van der Waals surface area contributed by atoms with Gasteiger partial charge in [0, 0.05) is 30.4 Å². The summed E-state index contributed by atoms with van der Waals surface area (Å²) in [5.74, 6) is 0.0659. The molecule has 3 saturated heterocycles. The molecule has 0 aromatic carbocycles. The van der Waals surface area contributed by atoms with E-state index in [0.29, 0.717) is 19.6 Å². The molecule has 44 heavy (non-hydrogen) atoms. The van der Waals surface area contributed by atoms with Crippen LogP contribution in [0.3, 0.4) is 0 Å². The van der Waals surface area contributed by atoms with Gasteiger partial charge in [0.05, 0.1) is 37.1 Å². The second kappa shape index (κ2) is 12.3. The number of hydrogen-bond acceptors (Lipinski definition) is 8. The molecule has 2 amide bonds. The average molecular weight is 616 g/mol. The average Bonchev–Trinajstić information content (AvgIpc) is 3.86. The van der Waals surface area contributed by atoms with Crippen molar-refractivity contribution in [1.82, 2.24) is 16.0 Å². The SMILES string of the molecule is CO[C@H]1[C@H](C2(C)O[C@@H]2CC=C(C)C)[C@]2(CC[C@H]1NC(=O)C13CCC(C(=O)NCCCOC(=O)C4CCCN4)(CC1)CC3)CO2. The molecule has 0 radical (unpaired) electrons. The van der Waals surface area contributed by atoms with E-state index < -0.39 is 10.8 Å². The fraction of sp³-hybridized carbons (Fsp3) is 0.853. The molecule has 4 saturated carbocycles. The number of hydrogen-bond donors (Lipinski definition) is 3. The third-order valence-electron chi connectivity index (χ3n) is 12.0. The number of methoxy groups -OCH3 is 1. The molecule has 0 aromatic rings. The highest BCUT2D eigenvalue weighted by Crippen LogP contribution is 2.60. The van der Waals surface area contributed by atoms with Crippen LogP contribution >= 0.6 is 0 Å². The fourth-order valence-corrected chi connectivity index (χ4v) is 8.95. The highest BCUT2D eigenvalue weighted by molar-refractivity contribution is 5.87. The molecule has 7 atom stereocenters. The van der Waals surface area contributed by atoms with E-state index in [9.17, 15) is 14.4 Å². The Kier molecular flexibility index (Phi) is 8.93. The van der Waals surface area contributed by atoms with E-state index in [1.807, 2.05) is 0 Å². The topological polar surface area (TPSA) is 131 Å². The molecule has 7 rings (SSSR count). The first-order valence-electron chi connectivity index (χ1n) is 17.0. The number of carbonyl (C=O) groups excluding carboxylic acids is 3. The van der Waals surface area contributed by atoms with Crippen molar-refractivity contribution >= 4 is 17.8 Å². The number of amides is 2. The zero-order valence-electron chi connectivity index (χ0n) is 27.1. The van der Waals surface area contributed by atoms with E-state index in [-0.39, 0.29) is 59.2 Å². The number of fused-ring (bicyclic) bond motifs is 3. The van der Waals surface area contributed by atoms with Crippen molar-refractivity contribution in [1.29, 1.82) is 0 Å². The number of rotatable bonds is 12. The van der Waals surface area contributed by atoms with Crippen LogP contribution in [-0.2, 0) is 33.3 Å². The Balaban J connectivity index is 0.998. The molecule has 246 valence electrons. The van der Waals surface area contributed by atoms with Crippen molar-refractivity contribution < 1.29 is 33.3 Å². The first kappa shape index (κ1) is 32.0. The van der Waals surface area contributed by atoms with Gasteiger partial charge in [-0.15, -0.1) is 0 Å². The standard InChI is InChI=1S/C34H53N3O7/c1-22(2)8-9-25-31(3,44-25)27-26(41-4)23(10-11-34(27)21-43-34)37-30(40)33-15-12-32(13-16-33,14-17-33)29(39)36-19-6-20-42-28(38)24-7-5-18-35-24/h8,23-27,35H,5-7,9-21H2,1-4H3,(H,36,39)(H,37,40)/t23-,24?,25-,26-,27-,31?,32?,33?,34+/m1/s1. The molecule has 3 N–H and O–H groups in total. The third kappa shape index (κ3) is 5.96. The largest absolute Gasteiger partial charge is 0.464 e. The van der Waals surface area contributed by atoms with Crippen molar-refractivity contribution in [3.63, 3.8) is 0 Å². The van der Waals surface area contributed by atoms with Crippen LogP contribution in [0.1, 0.15) is 97.8 Å². The monoisotopic (exact) mass is 615 g/mol. The van der Waals surface area contributed by atoms with Gasteiger partial charge in [0.15, 0.2) is 0 Å². The molecular weight excluding hydrogens is 562 g/mol. The molecule has 3 aliphatic heterocycles. The Morgan fingerprint density at radius 3 is 2.27 bits per heavy atom. The van der Waals surface area contributed by atoms with Gasteiger partial charge in [0.1, 0.15) is 11.6 Å². The minimum Gasteiger partial charge on any atom is -0.464 e. The molecule has 7 fully saturated rings. The van der Waals surface area contributed by atoms with E-state index in [1.54, 1.807) is 7.11 Å². The van der Waals surface area contributed by atoms with Gasteiger partial charge in [-0.2, -0.15) is 0 Å². The van der Waals surface area contributed by atoms with Crippen LogP contribution in [-0.4, -0.2) is 86.7 Å². The second-order valence-corrected chi connectivity index (χ2v) is 14.9. The summed E-state index contributed by atoms with van der Waals surface area (Å²) < 4.78 is 24.0. The molecule has 4 aliphatic carbocycles. The quantitative estimate of drug-likeness (QED) is 0.132. The Bertz CT molecular complexity index is 1120. The number of nitrogens with one attached hydrogen (secondary N) is 3. The van der Waals surface area contributed by atoms with Crippen molar-refractivity contribution in [2.75, 3.05) is 33.4 Å². The lowest BCUT2D eigenvalue weighted by Crippen LogP contribution is -2.62. The first-order valence-corrected chi connectivity index (χ1v) is 17.0. The van der Waals surface area contributed by atoms with Crippen molar-refractivity contribution in [3.05, 3.63) is 11.6 Å². The highest BCUT2D eigenvalue weighted by Gasteiger charge is 2.72. The number of ether oxygens (including phenoxy) is 4. The number of esters is 1. The van der Waals surface area contributed by atoms with Gasteiger partial charge < -0.3 is 34.9 Å². The summed E-state index contributed by atoms with van der Waals surface area (Å²) in [6.07, 6.45) is 11.6. The Hall–Kier alpha value is -2.01. The van der Waals surface area contributed by atoms with Crippen LogP contribution in [0, 0.1) is 16.7 Å². The van der Waals surface area contributed by atoms with Crippen LogP contribution in [0.2, 0.25) is 0 Å². The summed E-state index contributed by atoms with van der Waals surface area (Å²) in [7, 11) is 1.75. The first-order chi connectivity index (χ1) is 21.1. The van der Waals surface area contributed by atoms with Gasteiger partial charge in [-0.05, 0) is 104 Å². The molecule has 10 nitrogen and oxygen atoms in total. The van der Waals surface area contributed by atoms with E-state index in [1.165, 1.54) is 5.57 Å². The van der Waals surface area contributed by atoms with Gasteiger partial charge in [-0.3, -0.25) is 14.4 Å². The molecule has 0 aromatic heterocycles. The maximum absolute atomic E-state index is 14.0. The normalized spacial score (nSPS) is 42.0. The van der Waals surface area contributed by atoms with Crippen LogP contribution in [0.5, 0.6) is 0 Å². The predicted molar refractivity (Wildman–Crippen MR) is 164 cm³/mol. The lowest BCUT2D eigenvalue weighted by molar-refractivity contribution is -0.153. The summed E-state index contributed by atoms with van der Waals surface area (Å²) in [5, 5.41) is 9.70. The Morgan fingerprint density at radius 1 is 1.00 bits per heavy atom.